The van der Waals surface area contributed by atoms with Crippen LogP contribution in [0.15, 0.2) is 24.4 Å². The molecule has 1 aliphatic rings. The molecule has 1 aromatic carbocycles. The number of fused-ring (bicyclic) bond motifs is 1. The average Bonchev–Trinajstić information content (AvgIpc) is 2.81. The standard InChI is InChI=1S/C16H22N2O/c1-18-8-6-14-15(18)10-12(11-16(14)19-2)9-13-5-3-4-7-17-13/h6,8,10-11,13,17H,3-5,7,9H2,1-2H3. The van der Waals surface area contributed by atoms with E-state index in [9.17, 15) is 0 Å². The van der Waals surface area contributed by atoms with Gasteiger partial charge in [-0.3, -0.25) is 0 Å². The van der Waals surface area contributed by atoms with E-state index in [-0.39, 0.29) is 0 Å². The maximum absolute atomic E-state index is 5.54. The van der Waals surface area contributed by atoms with Gasteiger partial charge in [-0.1, -0.05) is 6.42 Å². The second kappa shape index (κ2) is 5.25. The second-order valence-corrected chi connectivity index (χ2v) is 5.51. The maximum atomic E-state index is 5.54. The van der Waals surface area contributed by atoms with Gasteiger partial charge in [0.25, 0.3) is 0 Å². The van der Waals surface area contributed by atoms with Crippen LogP contribution >= 0.6 is 0 Å². The predicted octanol–water partition coefficient (Wildman–Crippen LogP) is 2.87. The van der Waals surface area contributed by atoms with E-state index in [2.05, 4.69) is 41.3 Å². The van der Waals surface area contributed by atoms with Gasteiger partial charge >= 0.3 is 0 Å². The van der Waals surface area contributed by atoms with Crippen LogP contribution in [0.5, 0.6) is 5.75 Å². The van der Waals surface area contributed by atoms with Gasteiger partial charge in [0.05, 0.1) is 12.6 Å². The summed E-state index contributed by atoms with van der Waals surface area (Å²) in [6.07, 6.45) is 7.14. The molecule has 1 saturated heterocycles. The molecule has 1 unspecified atom stereocenters. The number of piperidine rings is 1. The van der Waals surface area contributed by atoms with Crippen molar-refractivity contribution in [1.29, 1.82) is 0 Å². The molecular weight excluding hydrogens is 236 g/mol. The van der Waals surface area contributed by atoms with Crippen LogP contribution in [0.1, 0.15) is 24.8 Å². The van der Waals surface area contributed by atoms with Gasteiger partial charge in [-0.05, 0) is 49.6 Å². The highest BCUT2D eigenvalue weighted by atomic mass is 16.5. The van der Waals surface area contributed by atoms with Crippen LogP contribution in [0, 0.1) is 0 Å². The molecule has 3 heteroatoms. The number of ether oxygens (including phenoxy) is 1. The normalized spacial score (nSPS) is 19.8. The summed E-state index contributed by atoms with van der Waals surface area (Å²) in [5.74, 6) is 0.990. The molecule has 1 aliphatic heterocycles. The van der Waals surface area contributed by atoms with E-state index >= 15 is 0 Å². The minimum atomic E-state index is 0.621. The molecule has 0 spiro atoms. The van der Waals surface area contributed by atoms with Crippen LogP contribution in [0.3, 0.4) is 0 Å². The Morgan fingerprint density at radius 3 is 3.00 bits per heavy atom. The lowest BCUT2D eigenvalue weighted by Gasteiger charge is -2.23. The number of hydrogen-bond acceptors (Lipinski definition) is 2. The topological polar surface area (TPSA) is 26.2 Å². The molecule has 3 rings (SSSR count). The zero-order chi connectivity index (χ0) is 13.2. The smallest absolute Gasteiger partial charge is 0.128 e. The number of benzene rings is 1. The van der Waals surface area contributed by atoms with E-state index in [1.165, 1.54) is 35.7 Å². The minimum Gasteiger partial charge on any atom is -0.496 e. The Labute approximate surface area is 114 Å². The van der Waals surface area contributed by atoms with Crippen molar-refractivity contribution in [2.45, 2.75) is 31.7 Å². The van der Waals surface area contributed by atoms with Gasteiger partial charge in [-0.2, -0.15) is 0 Å². The van der Waals surface area contributed by atoms with Gasteiger partial charge < -0.3 is 14.6 Å². The fraction of sp³-hybridized carbons (Fsp3) is 0.500. The van der Waals surface area contributed by atoms with Crippen molar-refractivity contribution in [1.82, 2.24) is 9.88 Å². The Hall–Kier alpha value is -1.48. The molecule has 1 aromatic heterocycles. The zero-order valence-corrected chi connectivity index (χ0v) is 11.8. The van der Waals surface area contributed by atoms with Gasteiger partial charge in [-0.25, -0.2) is 0 Å². The van der Waals surface area contributed by atoms with Crippen molar-refractivity contribution in [2.24, 2.45) is 7.05 Å². The van der Waals surface area contributed by atoms with E-state index in [4.69, 9.17) is 4.74 Å². The Bertz CT molecular complexity index is 567. The summed E-state index contributed by atoms with van der Waals surface area (Å²) in [4.78, 5) is 0. The quantitative estimate of drug-likeness (QED) is 0.916. The fourth-order valence-corrected chi connectivity index (χ4v) is 3.06. The van der Waals surface area contributed by atoms with Crippen molar-refractivity contribution in [3.63, 3.8) is 0 Å². The largest absolute Gasteiger partial charge is 0.496 e. The first-order chi connectivity index (χ1) is 9.28. The lowest BCUT2D eigenvalue weighted by atomic mass is 9.97. The van der Waals surface area contributed by atoms with E-state index in [0.29, 0.717) is 6.04 Å². The molecule has 0 saturated carbocycles. The first-order valence-corrected chi connectivity index (χ1v) is 7.13. The second-order valence-electron chi connectivity index (χ2n) is 5.51. The Morgan fingerprint density at radius 1 is 1.37 bits per heavy atom. The van der Waals surface area contributed by atoms with Crippen LogP contribution < -0.4 is 10.1 Å². The predicted molar refractivity (Wildman–Crippen MR) is 78.8 cm³/mol. The summed E-state index contributed by atoms with van der Waals surface area (Å²) >= 11 is 0. The van der Waals surface area contributed by atoms with Gasteiger partial charge in [0, 0.05) is 24.7 Å². The molecule has 1 N–H and O–H groups in total. The highest BCUT2D eigenvalue weighted by Crippen LogP contribution is 2.29. The van der Waals surface area contributed by atoms with Crippen molar-refractivity contribution in [2.75, 3.05) is 13.7 Å². The number of aryl methyl sites for hydroxylation is 1. The Kier molecular flexibility index (Phi) is 3.47. The first kappa shape index (κ1) is 12.5. The molecule has 0 aliphatic carbocycles. The molecule has 2 aromatic rings. The van der Waals surface area contributed by atoms with E-state index in [1.54, 1.807) is 7.11 Å². The third-order valence-corrected chi connectivity index (χ3v) is 4.14. The lowest BCUT2D eigenvalue weighted by Crippen LogP contribution is -2.35. The average molecular weight is 258 g/mol. The van der Waals surface area contributed by atoms with Gasteiger partial charge in [0.2, 0.25) is 0 Å². The molecule has 0 bridgehead atoms. The van der Waals surface area contributed by atoms with Crippen LogP contribution in [-0.4, -0.2) is 24.3 Å². The Morgan fingerprint density at radius 2 is 2.26 bits per heavy atom. The SMILES string of the molecule is COc1cc(CC2CCCCN2)cc2c1ccn2C. The highest BCUT2D eigenvalue weighted by molar-refractivity contribution is 5.87. The number of rotatable bonds is 3. The molecule has 19 heavy (non-hydrogen) atoms. The highest BCUT2D eigenvalue weighted by Gasteiger charge is 2.15. The number of hydrogen-bond donors (Lipinski definition) is 1. The van der Waals surface area contributed by atoms with Gasteiger partial charge in [0.1, 0.15) is 5.75 Å². The van der Waals surface area contributed by atoms with E-state index in [1.807, 2.05) is 0 Å². The molecule has 1 fully saturated rings. The third-order valence-electron chi connectivity index (χ3n) is 4.14. The van der Waals surface area contributed by atoms with Gasteiger partial charge in [0.15, 0.2) is 0 Å². The summed E-state index contributed by atoms with van der Waals surface area (Å²) < 4.78 is 7.70. The van der Waals surface area contributed by atoms with Crippen molar-refractivity contribution < 1.29 is 4.74 Å². The lowest BCUT2D eigenvalue weighted by molar-refractivity contribution is 0.397. The fourth-order valence-electron chi connectivity index (χ4n) is 3.06. The molecule has 0 amide bonds. The first-order valence-electron chi connectivity index (χ1n) is 7.13. The van der Waals surface area contributed by atoms with E-state index < -0.39 is 0 Å². The maximum Gasteiger partial charge on any atom is 0.128 e. The zero-order valence-electron chi connectivity index (χ0n) is 11.8. The van der Waals surface area contributed by atoms with Crippen LogP contribution in [0.25, 0.3) is 10.9 Å². The van der Waals surface area contributed by atoms with Gasteiger partial charge in [-0.15, -0.1) is 0 Å². The van der Waals surface area contributed by atoms with Crippen LogP contribution in [-0.2, 0) is 13.5 Å². The molecule has 3 nitrogen and oxygen atoms in total. The Balaban J connectivity index is 1.92. The van der Waals surface area contributed by atoms with Crippen LogP contribution in [0.4, 0.5) is 0 Å². The van der Waals surface area contributed by atoms with Crippen molar-refractivity contribution in [3.05, 3.63) is 30.0 Å². The summed E-state index contributed by atoms with van der Waals surface area (Å²) in [5, 5.41) is 4.81. The monoisotopic (exact) mass is 258 g/mol. The third kappa shape index (κ3) is 2.47. The summed E-state index contributed by atoms with van der Waals surface area (Å²) in [6.45, 7) is 1.16. The number of nitrogens with zero attached hydrogens (tertiary/aromatic N) is 1. The number of nitrogens with one attached hydrogen (secondary N) is 1. The molecular formula is C16H22N2O. The molecule has 2 heterocycles. The van der Waals surface area contributed by atoms with E-state index in [0.717, 1.165) is 18.7 Å². The number of aromatic nitrogens is 1. The summed E-state index contributed by atoms with van der Waals surface area (Å²) in [5.41, 5.74) is 2.62. The summed E-state index contributed by atoms with van der Waals surface area (Å²) in [7, 11) is 3.84. The summed E-state index contributed by atoms with van der Waals surface area (Å²) in [6, 6.07) is 7.24. The molecule has 102 valence electrons. The molecule has 0 radical (unpaired) electrons. The molecule has 1 atom stereocenters. The van der Waals surface area contributed by atoms with Crippen LogP contribution in [0.2, 0.25) is 0 Å². The van der Waals surface area contributed by atoms with Crippen molar-refractivity contribution in [3.8, 4) is 5.75 Å². The minimum absolute atomic E-state index is 0.621. The number of methoxy groups -OCH3 is 1. The van der Waals surface area contributed by atoms with Crippen molar-refractivity contribution >= 4 is 10.9 Å².